The molecule has 0 bridgehead atoms. The molecule has 0 aliphatic rings. The molecule has 0 unspecified atom stereocenters. The van der Waals surface area contributed by atoms with Crippen molar-refractivity contribution in [2.24, 2.45) is 0 Å². The molecule has 0 aliphatic heterocycles. The smallest absolute Gasteiger partial charge is 0.364 e. The van der Waals surface area contributed by atoms with Crippen LogP contribution in [0.5, 0.6) is 0 Å². The summed E-state index contributed by atoms with van der Waals surface area (Å²) in [5.41, 5.74) is 2.94. The number of hydrogen-bond acceptors (Lipinski definition) is 4. The molecule has 0 fully saturated rings. The number of benzene rings is 2. The molecule has 132 valence electrons. The predicted molar refractivity (Wildman–Crippen MR) is 106 cm³/mol. The van der Waals surface area contributed by atoms with Gasteiger partial charge in [-0.05, 0) is 87.5 Å². The Morgan fingerprint density at radius 2 is 1.69 bits per heavy atom. The van der Waals surface area contributed by atoms with Crippen LogP contribution < -0.4 is 21.8 Å². The lowest BCUT2D eigenvalue weighted by Crippen LogP contribution is -3.00. The number of aryl methyl sites for hydroxylation is 2. The first-order valence-corrected chi connectivity index (χ1v) is 9.67. The molecule has 0 saturated heterocycles. The van der Waals surface area contributed by atoms with E-state index in [1.165, 1.54) is 8.45 Å². The molecule has 0 amide bonds. The molecule has 26 heavy (non-hydrogen) atoms. The van der Waals surface area contributed by atoms with Crippen LogP contribution in [0.3, 0.4) is 0 Å². The molecule has 2 aromatic heterocycles. The largest absolute Gasteiger partial charge is 1.00 e. The summed E-state index contributed by atoms with van der Waals surface area (Å²) in [5, 5.41) is 10.3. The van der Waals surface area contributed by atoms with Gasteiger partial charge in [-0.1, -0.05) is 34.5 Å². The second kappa shape index (κ2) is 7.93. The maximum atomic E-state index is 4.73. The van der Waals surface area contributed by atoms with Crippen LogP contribution in [-0.4, -0.2) is 20.0 Å². The first kappa shape index (κ1) is 19.1. The lowest BCUT2D eigenvalue weighted by atomic mass is 10.2. The summed E-state index contributed by atoms with van der Waals surface area (Å²) in [6.45, 7) is 4.08. The zero-order valence-corrected chi connectivity index (χ0v) is 18.7. The fourth-order valence-electron chi connectivity index (χ4n) is 2.39. The van der Waals surface area contributed by atoms with E-state index in [9.17, 15) is 0 Å². The Bertz CT molecular complexity index is 1010. The zero-order valence-electron chi connectivity index (χ0n) is 14.1. The van der Waals surface area contributed by atoms with Crippen molar-refractivity contribution < 1.29 is 21.8 Å². The predicted octanol–water partition coefficient (Wildman–Crippen LogP) is 0.893. The van der Waals surface area contributed by atoms with Gasteiger partial charge < -0.3 is 17.0 Å². The maximum Gasteiger partial charge on any atom is 0.364 e. The van der Waals surface area contributed by atoms with E-state index in [1.807, 2.05) is 49.4 Å². The molecule has 0 radical (unpaired) electrons. The van der Waals surface area contributed by atoms with Crippen LogP contribution in [-0.2, 0) is 0 Å². The molecular formula is C18H15BrIN5S. The molecule has 2 aromatic carbocycles. The molecule has 4 rings (SSSR count). The first-order valence-electron chi connectivity index (χ1n) is 7.77. The lowest BCUT2D eigenvalue weighted by Gasteiger charge is -1.98. The van der Waals surface area contributed by atoms with Gasteiger partial charge in [0, 0.05) is 19.1 Å². The van der Waals surface area contributed by atoms with E-state index >= 15 is 0 Å². The van der Waals surface area contributed by atoms with Gasteiger partial charge in [-0.15, -0.1) is 0 Å². The molecule has 0 atom stereocenters. The molecule has 0 N–H and O–H groups in total. The summed E-state index contributed by atoms with van der Waals surface area (Å²) < 4.78 is 1.18. The third-order valence-corrected chi connectivity index (χ3v) is 5.59. The number of thiazole rings is 1. The minimum atomic E-state index is 0. The molecular weight excluding hydrogens is 525 g/mol. The van der Waals surface area contributed by atoms with Crippen molar-refractivity contribution in [1.29, 1.82) is 0 Å². The van der Waals surface area contributed by atoms with Gasteiger partial charge in [-0.3, -0.25) is 0 Å². The van der Waals surface area contributed by atoms with Crippen molar-refractivity contribution in [3.63, 3.8) is 0 Å². The fraction of sp³-hybridized carbons (Fsp3) is 0.111. The summed E-state index contributed by atoms with van der Waals surface area (Å²) >= 11 is 3.91. The Kier molecular flexibility index (Phi) is 5.83. The molecule has 8 heteroatoms. The van der Waals surface area contributed by atoms with Crippen LogP contribution in [0.25, 0.3) is 22.2 Å². The number of aromatic nitrogens is 5. The van der Waals surface area contributed by atoms with Crippen molar-refractivity contribution >= 4 is 33.9 Å². The van der Waals surface area contributed by atoms with Gasteiger partial charge in [-0.25, -0.2) is 0 Å². The number of rotatable bonds is 3. The molecule has 4 aromatic rings. The Hall–Kier alpha value is -1.65. The highest BCUT2D eigenvalue weighted by Gasteiger charge is 2.24. The van der Waals surface area contributed by atoms with E-state index in [2.05, 4.69) is 46.6 Å². The Morgan fingerprint density at radius 3 is 2.31 bits per heavy atom. The van der Waals surface area contributed by atoms with Crippen LogP contribution in [0, 0.1) is 17.4 Å². The maximum absolute atomic E-state index is 4.73. The van der Waals surface area contributed by atoms with Crippen LogP contribution in [0.1, 0.15) is 10.6 Å². The van der Waals surface area contributed by atoms with Crippen LogP contribution in [0.4, 0.5) is 0 Å². The quantitative estimate of drug-likeness (QED) is 0.287. The number of hydrogen-bond donors (Lipinski definition) is 0. The monoisotopic (exact) mass is 539 g/mol. The third kappa shape index (κ3) is 3.72. The van der Waals surface area contributed by atoms with E-state index in [1.54, 1.807) is 20.9 Å². The van der Waals surface area contributed by atoms with E-state index in [-0.39, 0.29) is 17.0 Å². The van der Waals surface area contributed by atoms with Gasteiger partial charge in [0.15, 0.2) is 0 Å². The van der Waals surface area contributed by atoms with Crippen molar-refractivity contribution in [2.75, 3.05) is 0 Å². The van der Waals surface area contributed by atoms with E-state index < -0.39 is 0 Å². The Morgan fingerprint density at radius 1 is 1.00 bits per heavy atom. The lowest BCUT2D eigenvalue weighted by molar-refractivity contribution is -0.734. The summed E-state index contributed by atoms with van der Waals surface area (Å²) in [7, 11) is 0. The molecule has 5 nitrogen and oxygen atoms in total. The fourth-order valence-corrected chi connectivity index (χ4v) is 3.60. The number of nitrogens with zero attached hydrogens (tertiary/aromatic N) is 5. The third-order valence-electron chi connectivity index (χ3n) is 3.84. The summed E-state index contributed by atoms with van der Waals surface area (Å²) in [6, 6.07) is 18.2. The van der Waals surface area contributed by atoms with Crippen molar-refractivity contribution in [1.82, 2.24) is 20.0 Å². The van der Waals surface area contributed by atoms with Gasteiger partial charge in [-0.2, -0.15) is 0 Å². The van der Waals surface area contributed by atoms with Gasteiger partial charge in [0.2, 0.25) is 0 Å². The van der Waals surface area contributed by atoms with Crippen molar-refractivity contribution in [3.8, 4) is 22.2 Å². The first-order chi connectivity index (χ1) is 12.1. The zero-order chi connectivity index (χ0) is 17.4. The van der Waals surface area contributed by atoms with E-state index in [4.69, 9.17) is 10.2 Å². The van der Waals surface area contributed by atoms with E-state index in [0.717, 1.165) is 22.1 Å². The highest BCUT2D eigenvalue weighted by molar-refractivity contribution is 14.1. The summed E-state index contributed by atoms with van der Waals surface area (Å²) in [6.07, 6.45) is 0. The summed E-state index contributed by atoms with van der Waals surface area (Å²) in [5.74, 6) is 0.671. The molecule has 0 saturated carbocycles. The van der Waals surface area contributed by atoms with Gasteiger partial charge in [0.05, 0.1) is 0 Å². The standard InChI is InChI=1S/C18H15IN5S.BrH/c1-12-13(2)25-18(20-12)24-22-17(14-6-4-3-5-7-14)21-23(24)16-10-8-15(19)9-11-16;/h3-11H,1-2H3;1H/q+1;/p-1. The van der Waals surface area contributed by atoms with Gasteiger partial charge in [0.1, 0.15) is 11.4 Å². The van der Waals surface area contributed by atoms with Crippen LogP contribution >= 0.6 is 33.9 Å². The number of tetrazole rings is 1. The SMILES string of the molecule is Cc1nc(-[n+]2nc(-c3ccccc3)nn2-c2ccc(I)cc2)sc1C.[Br-]. The van der Waals surface area contributed by atoms with Gasteiger partial charge >= 0.3 is 5.13 Å². The molecule has 0 aliphatic carbocycles. The van der Waals surface area contributed by atoms with Gasteiger partial charge in [0.25, 0.3) is 5.82 Å². The summed E-state index contributed by atoms with van der Waals surface area (Å²) in [4.78, 5) is 9.40. The van der Waals surface area contributed by atoms with Crippen molar-refractivity contribution in [3.05, 3.63) is 68.7 Å². The van der Waals surface area contributed by atoms with Crippen LogP contribution in [0.2, 0.25) is 0 Å². The minimum absolute atomic E-state index is 0. The Labute approximate surface area is 179 Å². The Balaban J connectivity index is 0.00000196. The highest BCUT2D eigenvalue weighted by atomic mass is 127. The average Bonchev–Trinajstić information content (AvgIpc) is 3.21. The second-order valence-electron chi connectivity index (χ2n) is 5.58. The normalized spacial score (nSPS) is 10.6. The number of halogens is 2. The minimum Gasteiger partial charge on any atom is -1.00 e. The van der Waals surface area contributed by atoms with Crippen molar-refractivity contribution in [2.45, 2.75) is 13.8 Å². The molecule has 2 heterocycles. The average molecular weight is 540 g/mol. The molecule has 0 spiro atoms. The topological polar surface area (TPSA) is 47.5 Å². The van der Waals surface area contributed by atoms with Crippen LogP contribution in [0.15, 0.2) is 54.6 Å². The highest BCUT2D eigenvalue weighted by Crippen LogP contribution is 2.19. The second-order valence-corrected chi connectivity index (χ2v) is 8.01. The van der Waals surface area contributed by atoms with E-state index in [0.29, 0.717) is 5.82 Å².